The van der Waals surface area contributed by atoms with Crippen LogP contribution in [-0.4, -0.2) is 19.8 Å². The molecule has 3 aromatic rings. The number of rotatable bonds is 2. The maximum Gasteiger partial charge on any atom is 0.331 e. The van der Waals surface area contributed by atoms with Crippen molar-refractivity contribution in [1.82, 2.24) is 9.55 Å². The van der Waals surface area contributed by atoms with E-state index >= 15 is 0 Å². The molecule has 1 aliphatic rings. The van der Waals surface area contributed by atoms with Gasteiger partial charge >= 0.3 is 5.69 Å². The Morgan fingerprint density at radius 2 is 1.75 bits per heavy atom. The van der Waals surface area contributed by atoms with Crippen molar-refractivity contribution >= 4 is 11.0 Å². The second-order valence-electron chi connectivity index (χ2n) is 6.52. The van der Waals surface area contributed by atoms with Gasteiger partial charge in [-0.1, -0.05) is 31.4 Å². The van der Waals surface area contributed by atoms with E-state index in [0.717, 1.165) is 31.2 Å². The number of fused-ring (bicyclic) bond motifs is 1. The van der Waals surface area contributed by atoms with Crippen molar-refractivity contribution in [3.63, 3.8) is 0 Å². The summed E-state index contributed by atoms with van der Waals surface area (Å²) in [6.07, 6.45) is 5.58. The van der Waals surface area contributed by atoms with Crippen LogP contribution in [0, 0.1) is 0 Å². The molecule has 124 valence electrons. The van der Waals surface area contributed by atoms with Crippen molar-refractivity contribution in [3.05, 3.63) is 52.4 Å². The van der Waals surface area contributed by atoms with Gasteiger partial charge in [0.15, 0.2) is 0 Å². The van der Waals surface area contributed by atoms with Gasteiger partial charge in [0.25, 0.3) is 0 Å². The molecule has 0 saturated heterocycles. The molecule has 1 fully saturated rings. The molecule has 0 amide bonds. The lowest BCUT2D eigenvalue weighted by atomic mass is 9.83. The van der Waals surface area contributed by atoms with Crippen LogP contribution in [-0.2, 0) is 0 Å². The van der Waals surface area contributed by atoms with E-state index in [1.165, 1.54) is 17.1 Å². The first-order valence-electron chi connectivity index (χ1n) is 8.41. The van der Waals surface area contributed by atoms with Crippen LogP contribution < -0.4 is 5.69 Å². The number of H-pyrrole nitrogens is 1. The summed E-state index contributed by atoms with van der Waals surface area (Å²) >= 11 is 0. The predicted octanol–water partition coefficient (Wildman–Crippen LogP) is 3.78. The molecule has 0 radical (unpaired) electrons. The number of hydrogen-bond donors (Lipinski definition) is 3. The summed E-state index contributed by atoms with van der Waals surface area (Å²) in [7, 11) is 0. The lowest BCUT2D eigenvalue weighted by Crippen LogP contribution is -2.15. The van der Waals surface area contributed by atoms with Crippen LogP contribution in [0.15, 0.2) is 41.2 Å². The largest absolute Gasteiger partial charge is 0.508 e. The fourth-order valence-corrected chi connectivity index (χ4v) is 3.80. The molecular formula is C19H20N2O3. The number of aromatic amines is 1. The van der Waals surface area contributed by atoms with Gasteiger partial charge in [-0.3, -0.25) is 4.57 Å². The van der Waals surface area contributed by atoms with Crippen LogP contribution in [0.5, 0.6) is 11.5 Å². The summed E-state index contributed by atoms with van der Waals surface area (Å²) < 4.78 is 1.47. The molecule has 1 saturated carbocycles. The van der Waals surface area contributed by atoms with Gasteiger partial charge in [-0.2, -0.15) is 0 Å². The van der Waals surface area contributed by atoms with Gasteiger partial charge in [0, 0.05) is 6.07 Å². The number of imidazole rings is 1. The number of phenolic OH excluding ortho intramolecular Hbond substituents is 2. The maximum atomic E-state index is 12.4. The number of hydrogen-bond acceptors (Lipinski definition) is 3. The van der Waals surface area contributed by atoms with Crippen molar-refractivity contribution in [2.24, 2.45) is 0 Å². The summed E-state index contributed by atoms with van der Waals surface area (Å²) in [5.41, 5.74) is 2.36. The van der Waals surface area contributed by atoms with Gasteiger partial charge in [0.05, 0.1) is 16.7 Å². The highest BCUT2D eigenvalue weighted by Crippen LogP contribution is 2.40. The highest BCUT2D eigenvalue weighted by Gasteiger charge is 2.22. The number of phenols is 2. The number of para-hydroxylation sites is 2. The summed E-state index contributed by atoms with van der Waals surface area (Å²) in [5.74, 6) is 0.286. The summed E-state index contributed by atoms with van der Waals surface area (Å²) in [5, 5.41) is 20.6. The van der Waals surface area contributed by atoms with E-state index in [9.17, 15) is 15.0 Å². The Labute approximate surface area is 139 Å². The van der Waals surface area contributed by atoms with Crippen molar-refractivity contribution in [2.75, 3.05) is 0 Å². The first-order chi connectivity index (χ1) is 11.6. The Morgan fingerprint density at radius 1 is 1.00 bits per heavy atom. The monoisotopic (exact) mass is 324 g/mol. The van der Waals surface area contributed by atoms with Crippen LogP contribution >= 0.6 is 0 Å². The lowest BCUT2D eigenvalue weighted by Gasteiger charge is -2.23. The van der Waals surface area contributed by atoms with Gasteiger partial charge in [0.1, 0.15) is 11.5 Å². The molecule has 4 rings (SSSR count). The normalized spacial score (nSPS) is 15.8. The summed E-state index contributed by atoms with van der Waals surface area (Å²) in [4.78, 5) is 15.2. The summed E-state index contributed by atoms with van der Waals surface area (Å²) in [6, 6.07) is 10.5. The minimum atomic E-state index is -0.299. The Bertz CT molecular complexity index is 949. The van der Waals surface area contributed by atoms with Crippen molar-refractivity contribution < 1.29 is 10.2 Å². The first-order valence-corrected chi connectivity index (χ1v) is 8.41. The number of aromatic hydroxyl groups is 2. The molecule has 24 heavy (non-hydrogen) atoms. The summed E-state index contributed by atoms with van der Waals surface area (Å²) in [6.45, 7) is 0. The van der Waals surface area contributed by atoms with Crippen LogP contribution in [0.4, 0.5) is 0 Å². The molecule has 1 heterocycles. The van der Waals surface area contributed by atoms with Gasteiger partial charge in [-0.25, -0.2) is 4.79 Å². The maximum absolute atomic E-state index is 12.4. The quantitative estimate of drug-likeness (QED) is 0.671. The first kappa shape index (κ1) is 14.9. The standard InChI is InChI=1S/C19H20N2O3/c22-17-11-18(23)16(10-13(17)12-6-2-1-3-7-12)21-15-9-5-4-8-14(15)20-19(21)24/h4-5,8-12,22-23H,1-3,6-7H2,(H,20,24). The van der Waals surface area contributed by atoms with E-state index < -0.39 is 0 Å². The Morgan fingerprint density at radius 3 is 2.54 bits per heavy atom. The van der Waals surface area contributed by atoms with Crippen molar-refractivity contribution in [3.8, 4) is 17.2 Å². The molecule has 2 aromatic carbocycles. The third-order valence-corrected chi connectivity index (χ3v) is 5.00. The second kappa shape index (κ2) is 5.74. The molecule has 3 N–H and O–H groups in total. The predicted molar refractivity (Wildman–Crippen MR) is 93.1 cm³/mol. The molecule has 5 heteroatoms. The van der Waals surface area contributed by atoms with E-state index in [-0.39, 0.29) is 23.1 Å². The molecule has 0 aliphatic heterocycles. The van der Waals surface area contributed by atoms with Gasteiger partial charge in [0.2, 0.25) is 0 Å². The fourth-order valence-electron chi connectivity index (χ4n) is 3.80. The van der Waals surface area contributed by atoms with Crippen LogP contribution in [0.3, 0.4) is 0 Å². The van der Waals surface area contributed by atoms with Gasteiger partial charge in [-0.05, 0) is 42.5 Å². The van der Waals surface area contributed by atoms with Crippen molar-refractivity contribution in [2.45, 2.75) is 38.0 Å². The molecular weight excluding hydrogens is 304 g/mol. The number of aromatic nitrogens is 2. The van der Waals surface area contributed by atoms with E-state index in [1.807, 2.05) is 24.3 Å². The second-order valence-corrected chi connectivity index (χ2v) is 6.52. The van der Waals surface area contributed by atoms with Crippen LogP contribution in [0.2, 0.25) is 0 Å². The molecule has 0 bridgehead atoms. The zero-order valence-electron chi connectivity index (χ0n) is 13.3. The number of nitrogens with zero attached hydrogens (tertiary/aromatic N) is 1. The zero-order valence-corrected chi connectivity index (χ0v) is 13.3. The molecule has 0 spiro atoms. The van der Waals surface area contributed by atoms with E-state index in [2.05, 4.69) is 4.98 Å². The Kier molecular flexibility index (Phi) is 3.56. The molecule has 0 atom stereocenters. The van der Waals surface area contributed by atoms with E-state index in [0.29, 0.717) is 16.7 Å². The molecule has 1 aliphatic carbocycles. The third kappa shape index (κ3) is 2.37. The third-order valence-electron chi connectivity index (χ3n) is 5.00. The van der Waals surface area contributed by atoms with Crippen LogP contribution in [0.25, 0.3) is 16.7 Å². The highest BCUT2D eigenvalue weighted by molar-refractivity contribution is 5.78. The van der Waals surface area contributed by atoms with Gasteiger partial charge in [-0.15, -0.1) is 0 Å². The fraction of sp³-hybridized carbons (Fsp3) is 0.316. The number of benzene rings is 2. The highest BCUT2D eigenvalue weighted by atomic mass is 16.3. The van der Waals surface area contributed by atoms with E-state index in [4.69, 9.17) is 0 Å². The smallest absolute Gasteiger partial charge is 0.331 e. The number of nitrogens with one attached hydrogen (secondary N) is 1. The Hall–Kier alpha value is -2.69. The molecule has 0 unspecified atom stereocenters. The van der Waals surface area contributed by atoms with Crippen molar-refractivity contribution in [1.29, 1.82) is 0 Å². The van der Waals surface area contributed by atoms with E-state index in [1.54, 1.807) is 6.07 Å². The Balaban J connectivity index is 1.91. The average Bonchev–Trinajstić information content (AvgIpc) is 2.92. The van der Waals surface area contributed by atoms with Crippen LogP contribution in [0.1, 0.15) is 43.6 Å². The SMILES string of the molecule is O=c1[nH]c2ccccc2n1-c1cc(C2CCCCC2)c(O)cc1O. The lowest BCUT2D eigenvalue weighted by molar-refractivity contribution is 0.408. The minimum Gasteiger partial charge on any atom is -0.508 e. The topological polar surface area (TPSA) is 78.2 Å². The zero-order chi connectivity index (χ0) is 16.7. The molecule has 5 nitrogen and oxygen atoms in total. The molecule has 1 aromatic heterocycles. The minimum absolute atomic E-state index is 0.0982. The van der Waals surface area contributed by atoms with Gasteiger partial charge < -0.3 is 15.2 Å². The average molecular weight is 324 g/mol.